The Labute approximate surface area is 733 Å². The van der Waals surface area contributed by atoms with E-state index in [2.05, 4.69) is 429 Å². The topological polar surface area (TPSA) is 6.48 Å². The molecule has 0 radical (unpaired) electrons. The maximum atomic E-state index is 2.58. The fraction of sp³-hybridized carbons (Fsp3) is 0.197. The second-order valence-corrected chi connectivity index (χ2v) is 38.3. The first kappa shape index (κ1) is 77.0. The van der Waals surface area contributed by atoms with E-state index >= 15 is 0 Å². The highest BCUT2D eigenvalue weighted by atomic mass is 15.2. The molecular formula is C122H106N2. The van der Waals surface area contributed by atoms with Crippen molar-refractivity contribution in [2.75, 3.05) is 9.80 Å². The van der Waals surface area contributed by atoms with Crippen molar-refractivity contribution >= 4 is 55.7 Å². The van der Waals surface area contributed by atoms with Crippen molar-refractivity contribution in [2.24, 2.45) is 0 Å². The number of anilines is 6. The van der Waals surface area contributed by atoms with Gasteiger partial charge in [0, 0.05) is 55.4 Å². The van der Waals surface area contributed by atoms with Gasteiger partial charge in [-0.1, -0.05) is 373 Å². The van der Waals surface area contributed by atoms with E-state index in [1.54, 1.807) is 0 Å². The van der Waals surface area contributed by atoms with Crippen LogP contribution in [0.15, 0.2) is 364 Å². The second-order valence-electron chi connectivity index (χ2n) is 38.3. The zero-order valence-electron chi connectivity index (χ0n) is 72.8. The summed E-state index contributed by atoms with van der Waals surface area (Å²) in [4.78, 5) is 5.09. The maximum Gasteiger partial charge on any atom is 0.0546 e. The van der Waals surface area contributed by atoms with Gasteiger partial charge in [-0.05, 0) is 283 Å². The fourth-order valence-electron chi connectivity index (χ4n) is 22.9. The van der Waals surface area contributed by atoms with Crippen LogP contribution in [0.4, 0.5) is 34.1 Å². The van der Waals surface area contributed by atoms with Crippen molar-refractivity contribution < 1.29 is 0 Å². The van der Waals surface area contributed by atoms with Gasteiger partial charge in [0.25, 0.3) is 0 Å². The third kappa shape index (κ3) is 13.0. The quantitative estimate of drug-likeness (QED) is 0.114. The SMILES string of the molecule is CC1(C)c2ccccc2-c2cc(N(c3ccc(-c4ccc(C5CCCCC5)cc4)cc3)c3cc4ccccc4cc3-c3ccc4c(c3)C(C)(C)c3ccccc3-4)ccc21.CC1(C)c2ccccc2-c2ccc(-c3cc4ccccc4cc3N(c3ccc4c(c3)C(C)(C)c3ccccc3-4)c3ccc(-c4ccc(C5CCCCC5)cc4)cc3-c3ccccc3)cc21. The third-order valence-corrected chi connectivity index (χ3v) is 29.7. The molecule has 2 heteroatoms. The summed E-state index contributed by atoms with van der Waals surface area (Å²) in [7, 11) is 0. The van der Waals surface area contributed by atoms with E-state index in [4.69, 9.17) is 0 Å². The van der Waals surface area contributed by atoms with E-state index in [-0.39, 0.29) is 21.7 Å². The minimum atomic E-state index is -0.156. The van der Waals surface area contributed by atoms with Crippen LogP contribution in [0.1, 0.15) is 187 Å². The van der Waals surface area contributed by atoms with Crippen molar-refractivity contribution in [1.29, 1.82) is 0 Å². The molecule has 23 rings (SSSR count). The third-order valence-electron chi connectivity index (χ3n) is 29.7. The molecule has 0 N–H and O–H groups in total. The van der Waals surface area contributed by atoms with Crippen LogP contribution in [-0.4, -0.2) is 0 Å². The first-order valence-corrected chi connectivity index (χ1v) is 45.6. The second kappa shape index (κ2) is 30.4. The van der Waals surface area contributed by atoms with Gasteiger partial charge in [0.2, 0.25) is 0 Å². The van der Waals surface area contributed by atoms with Gasteiger partial charge >= 0.3 is 0 Å². The molecule has 17 aromatic carbocycles. The van der Waals surface area contributed by atoms with Gasteiger partial charge in [0.1, 0.15) is 0 Å². The molecular weight excluding hydrogens is 1490 g/mol. The zero-order chi connectivity index (χ0) is 83.7. The molecule has 2 nitrogen and oxygen atoms in total. The van der Waals surface area contributed by atoms with E-state index in [1.165, 1.54) is 247 Å². The Balaban J connectivity index is 0.000000148. The summed E-state index contributed by atoms with van der Waals surface area (Å²) in [6, 6.07) is 139. The largest absolute Gasteiger partial charge is 0.310 e. The van der Waals surface area contributed by atoms with Crippen molar-refractivity contribution in [3.63, 3.8) is 0 Å². The molecule has 0 heterocycles. The normalized spacial score (nSPS) is 15.8. The lowest BCUT2D eigenvalue weighted by Crippen LogP contribution is -2.17. The molecule has 17 aromatic rings. The molecule has 2 fully saturated rings. The van der Waals surface area contributed by atoms with Gasteiger partial charge in [0.05, 0.1) is 17.1 Å². The van der Waals surface area contributed by atoms with Crippen molar-refractivity contribution in [2.45, 2.75) is 153 Å². The average molecular weight is 1600 g/mol. The van der Waals surface area contributed by atoms with E-state index in [1.807, 2.05) is 0 Å². The van der Waals surface area contributed by atoms with Crippen molar-refractivity contribution in [3.05, 3.63) is 420 Å². The predicted octanol–water partition coefficient (Wildman–Crippen LogP) is 34.3. The highest BCUT2D eigenvalue weighted by molar-refractivity contribution is 6.04. The molecule has 0 atom stereocenters. The van der Waals surface area contributed by atoms with Gasteiger partial charge in [-0.25, -0.2) is 0 Å². The molecule has 124 heavy (non-hydrogen) atoms. The van der Waals surface area contributed by atoms with Gasteiger partial charge in [-0.3, -0.25) is 0 Å². The zero-order valence-corrected chi connectivity index (χ0v) is 72.8. The lowest BCUT2D eigenvalue weighted by Gasteiger charge is -2.32. The van der Waals surface area contributed by atoms with Gasteiger partial charge in [0.15, 0.2) is 0 Å². The van der Waals surface area contributed by atoms with Crippen LogP contribution in [-0.2, 0) is 21.7 Å². The molecule has 0 aliphatic heterocycles. The summed E-state index contributed by atoms with van der Waals surface area (Å²) >= 11 is 0. The van der Waals surface area contributed by atoms with Crippen LogP contribution in [0.25, 0.3) is 122 Å². The van der Waals surface area contributed by atoms with Crippen LogP contribution in [0.2, 0.25) is 0 Å². The minimum absolute atomic E-state index is 0.0631. The van der Waals surface area contributed by atoms with Crippen molar-refractivity contribution in [3.8, 4) is 100 Å². The molecule has 0 unspecified atom stereocenters. The van der Waals surface area contributed by atoms with Gasteiger partial charge in [-0.2, -0.15) is 0 Å². The van der Waals surface area contributed by atoms with Crippen LogP contribution < -0.4 is 9.80 Å². The molecule has 0 bridgehead atoms. The average Bonchev–Trinajstić information content (AvgIpc) is 1.55. The number of hydrogen-bond donors (Lipinski definition) is 0. The Bertz CT molecular complexity index is 7040. The van der Waals surface area contributed by atoms with Gasteiger partial charge in [-0.15, -0.1) is 0 Å². The Morgan fingerprint density at radius 1 is 0.185 bits per heavy atom. The summed E-state index contributed by atoms with van der Waals surface area (Å²) in [5, 5.41) is 4.92. The number of rotatable bonds is 13. The summed E-state index contributed by atoms with van der Waals surface area (Å²) in [6.45, 7) is 19.0. The molecule has 0 saturated heterocycles. The summed E-state index contributed by atoms with van der Waals surface area (Å²) in [6.07, 6.45) is 13.4. The van der Waals surface area contributed by atoms with E-state index in [0.29, 0.717) is 11.8 Å². The first-order chi connectivity index (χ1) is 60.5. The molecule has 6 aliphatic carbocycles. The summed E-state index contributed by atoms with van der Waals surface area (Å²) in [5.41, 5.74) is 43.5. The standard InChI is InChI=1S/C64H55N.C58H51N/c1-63(2)57-25-15-13-23-51(57)53-34-31-49(39-59(53)63)56-37-46-21-11-12-22-47(46)40-62(56)65(50-33-35-54-52-24-14-16-26-58(52)64(3,4)60(54)41-50)61-36-32-48(38-55(61)45-19-9-6-10-20-45)44-29-27-43(28-30-44)42-17-7-5-8-18-42;1-57(2)53-21-13-11-19-48(53)51-37-46(31-33-54(51)57)59(45-29-26-41(27-30-45)40-24-22-39(23-25-40)38-14-6-5-7-15-38)56-36-43-17-9-8-16-42(43)34-50(56)44-28-32-49-47-18-10-12-20-52(47)58(3,4)55(49)35-44/h6,9-16,19-42H,5,7-8,17-18H2,1-4H3;8-13,16-38H,5-7,14-15H2,1-4H3. The Morgan fingerprint density at radius 2 is 0.508 bits per heavy atom. The number of nitrogens with zero attached hydrogens (tertiary/aromatic N) is 2. The molecule has 0 amide bonds. The van der Waals surface area contributed by atoms with E-state index in [0.717, 1.165) is 28.4 Å². The lowest BCUT2D eigenvalue weighted by atomic mass is 9.81. The minimum Gasteiger partial charge on any atom is -0.310 e. The monoisotopic (exact) mass is 1600 g/mol. The summed E-state index contributed by atoms with van der Waals surface area (Å²) in [5.74, 6) is 1.39. The number of benzene rings is 17. The Morgan fingerprint density at radius 3 is 0.984 bits per heavy atom. The highest BCUT2D eigenvalue weighted by Crippen LogP contribution is 2.58. The van der Waals surface area contributed by atoms with E-state index < -0.39 is 0 Å². The molecule has 2 saturated carbocycles. The Hall–Kier alpha value is -13.1. The van der Waals surface area contributed by atoms with Gasteiger partial charge < -0.3 is 9.80 Å². The maximum absolute atomic E-state index is 2.58. The fourth-order valence-corrected chi connectivity index (χ4v) is 22.9. The molecule has 0 spiro atoms. The van der Waals surface area contributed by atoms with Crippen molar-refractivity contribution in [1.82, 2.24) is 0 Å². The molecule has 0 aromatic heterocycles. The van der Waals surface area contributed by atoms with E-state index in [9.17, 15) is 0 Å². The highest BCUT2D eigenvalue weighted by Gasteiger charge is 2.41. The first-order valence-electron chi connectivity index (χ1n) is 45.6. The smallest absolute Gasteiger partial charge is 0.0546 e. The van der Waals surface area contributed by atoms with Crippen LogP contribution >= 0.6 is 0 Å². The lowest BCUT2D eigenvalue weighted by molar-refractivity contribution is 0.443. The number of hydrogen-bond acceptors (Lipinski definition) is 2. The van der Waals surface area contributed by atoms with Crippen LogP contribution in [0.5, 0.6) is 0 Å². The molecule has 604 valence electrons. The predicted molar refractivity (Wildman–Crippen MR) is 526 cm³/mol. The summed E-state index contributed by atoms with van der Waals surface area (Å²) < 4.78 is 0. The Kier molecular flexibility index (Phi) is 18.9. The van der Waals surface area contributed by atoms with Crippen LogP contribution in [0.3, 0.4) is 0 Å². The number of fused-ring (bicyclic) bond motifs is 14. The van der Waals surface area contributed by atoms with Crippen LogP contribution in [0, 0.1) is 0 Å². The molecule has 6 aliphatic rings.